The van der Waals surface area contributed by atoms with E-state index in [2.05, 4.69) is 76.8 Å². The fraction of sp³-hybridized carbons (Fsp3) is 0.463. The molecule has 8 heteroatoms. The Morgan fingerprint density at radius 3 is 2.31 bits per heavy atom. The lowest BCUT2D eigenvalue weighted by Gasteiger charge is -2.54. The first-order valence-electron chi connectivity index (χ1n) is 17.4. The molecule has 0 aromatic heterocycles. The van der Waals surface area contributed by atoms with Gasteiger partial charge in [0.15, 0.2) is 6.61 Å². The number of urea groups is 1. The maximum atomic E-state index is 13.4. The maximum absolute atomic E-state index is 13.4. The van der Waals surface area contributed by atoms with Gasteiger partial charge < -0.3 is 24.8 Å². The molecule has 3 aromatic carbocycles. The van der Waals surface area contributed by atoms with Crippen LogP contribution in [0.4, 0.5) is 10.5 Å². The average Bonchev–Trinajstić information content (AvgIpc) is 3.05. The molecule has 3 atom stereocenters. The summed E-state index contributed by atoms with van der Waals surface area (Å²) < 4.78 is 13.2. The molecule has 0 bridgehead atoms. The van der Waals surface area contributed by atoms with Gasteiger partial charge in [-0.25, -0.2) is 9.59 Å². The minimum absolute atomic E-state index is 0.0784. The maximum Gasteiger partial charge on any atom is 0.341 e. The summed E-state index contributed by atoms with van der Waals surface area (Å²) in [5, 5.41) is 13.0. The molecule has 2 N–H and O–H groups in total. The molecule has 2 aliphatic rings. The number of anilines is 1. The van der Waals surface area contributed by atoms with Crippen molar-refractivity contribution in [2.24, 2.45) is 11.3 Å². The molecule has 0 saturated carbocycles. The highest BCUT2D eigenvalue weighted by molar-refractivity contribution is 6.32. The Morgan fingerprint density at radius 1 is 1.08 bits per heavy atom. The topological polar surface area (TPSA) is 88.1 Å². The van der Waals surface area contributed by atoms with E-state index >= 15 is 0 Å². The minimum Gasteiger partial charge on any atom is -0.480 e. The molecule has 0 aliphatic carbocycles. The molecule has 5 rings (SSSR count). The summed E-state index contributed by atoms with van der Waals surface area (Å²) in [6.07, 6.45) is 2.46. The van der Waals surface area contributed by atoms with Crippen LogP contribution < -0.4 is 10.1 Å². The van der Waals surface area contributed by atoms with Gasteiger partial charge in [-0.1, -0.05) is 101 Å². The van der Waals surface area contributed by atoms with Crippen LogP contribution in [0.25, 0.3) is 0 Å². The molecule has 2 saturated heterocycles. The highest BCUT2D eigenvalue weighted by Crippen LogP contribution is 2.55. The van der Waals surface area contributed by atoms with E-state index in [9.17, 15) is 14.7 Å². The van der Waals surface area contributed by atoms with E-state index in [0.717, 1.165) is 41.6 Å². The number of carboxylic acids is 1. The lowest BCUT2D eigenvalue weighted by atomic mass is 9.62. The van der Waals surface area contributed by atoms with E-state index in [1.54, 1.807) is 0 Å². The van der Waals surface area contributed by atoms with Gasteiger partial charge in [-0.3, -0.25) is 0 Å². The Morgan fingerprint density at radius 2 is 1.73 bits per heavy atom. The van der Waals surface area contributed by atoms with Crippen molar-refractivity contribution < 1.29 is 24.2 Å². The highest BCUT2D eigenvalue weighted by Gasteiger charge is 2.51. The van der Waals surface area contributed by atoms with Crippen molar-refractivity contribution in [3.8, 4) is 5.75 Å². The smallest absolute Gasteiger partial charge is 0.341 e. The van der Waals surface area contributed by atoms with Crippen LogP contribution in [0.5, 0.6) is 5.75 Å². The number of carbonyl (C=O) groups excluding carboxylic acids is 1. The number of carboxylic acid groups (broad SMARTS) is 1. The predicted molar refractivity (Wildman–Crippen MR) is 197 cm³/mol. The third kappa shape index (κ3) is 8.50. The molecule has 2 fully saturated rings. The second-order valence-electron chi connectivity index (χ2n) is 15.3. The quantitative estimate of drug-likeness (QED) is 0.219. The number of benzene rings is 3. The van der Waals surface area contributed by atoms with Crippen molar-refractivity contribution in [2.45, 2.75) is 90.8 Å². The highest BCUT2D eigenvalue weighted by atomic mass is 35.5. The predicted octanol–water partition coefficient (Wildman–Crippen LogP) is 9.80. The van der Waals surface area contributed by atoms with Crippen LogP contribution in [-0.2, 0) is 21.4 Å². The third-order valence-corrected chi connectivity index (χ3v) is 10.6. The normalized spacial score (nSPS) is 20.7. The second-order valence-corrected chi connectivity index (χ2v) is 15.7. The molecular weight excluding hydrogens is 636 g/mol. The van der Waals surface area contributed by atoms with Crippen LogP contribution in [0.15, 0.2) is 78.9 Å². The Hall–Kier alpha value is -3.81. The third-order valence-electron chi connectivity index (χ3n) is 10.3. The standard InChI is InChI=1S/C41H51ClN2O5/c1-26(2)29-13-15-31(16-14-29)43-39(47)44-19-17-41(18-20-44)24-33(27(3)4)37(49-35(41)21-28-11-9-8-10-12-28)32-22-30(40(5,6)7)23-34(42)38(32)48-25-36(45)46/h8-16,22-23,26,33,35,37H,3,17-21,24-25H2,1-2,4-7H3,(H,43,47)(H,45,46)/t33-,35+,37-/m0/s1. The summed E-state index contributed by atoms with van der Waals surface area (Å²) in [5.41, 5.74) is 5.52. The number of piperidine rings is 1. The second kappa shape index (κ2) is 15.0. The summed E-state index contributed by atoms with van der Waals surface area (Å²) in [7, 11) is 0. The van der Waals surface area contributed by atoms with E-state index in [0.29, 0.717) is 36.2 Å². The molecule has 2 heterocycles. The zero-order valence-electron chi connectivity index (χ0n) is 29.7. The summed E-state index contributed by atoms with van der Waals surface area (Å²) >= 11 is 6.86. The molecule has 7 nitrogen and oxygen atoms in total. The number of rotatable bonds is 9. The van der Waals surface area contributed by atoms with E-state index in [-0.39, 0.29) is 28.9 Å². The van der Waals surface area contributed by atoms with E-state index in [1.807, 2.05) is 48.2 Å². The fourth-order valence-electron chi connectivity index (χ4n) is 7.29. The number of amides is 2. The van der Waals surface area contributed by atoms with Crippen molar-refractivity contribution in [1.29, 1.82) is 0 Å². The van der Waals surface area contributed by atoms with Gasteiger partial charge in [0.1, 0.15) is 5.75 Å². The number of nitrogens with one attached hydrogen (secondary N) is 1. The van der Waals surface area contributed by atoms with Gasteiger partial charge in [-0.15, -0.1) is 0 Å². The zero-order chi connectivity index (χ0) is 35.5. The first-order valence-corrected chi connectivity index (χ1v) is 17.7. The number of nitrogens with zero attached hydrogens (tertiary/aromatic N) is 1. The number of ether oxygens (including phenoxy) is 2. The van der Waals surface area contributed by atoms with Gasteiger partial charge in [0.25, 0.3) is 0 Å². The average molecular weight is 687 g/mol. The van der Waals surface area contributed by atoms with Gasteiger partial charge >= 0.3 is 12.0 Å². The van der Waals surface area contributed by atoms with Gasteiger partial charge in [0.2, 0.25) is 0 Å². The van der Waals surface area contributed by atoms with E-state index < -0.39 is 18.7 Å². The molecule has 3 aromatic rings. The Bertz CT molecular complexity index is 1640. The molecular formula is C41H51ClN2O5. The summed E-state index contributed by atoms with van der Waals surface area (Å²) in [5.74, 6) is -0.385. The first-order chi connectivity index (χ1) is 23.2. The van der Waals surface area contributed by atoms with Crippen molar-refractivity contribution in [3.63, 3.8) is 0 Å². The zero-order valence-corrected chi connectivity index (χ0v) is 30.5. The number of hydrogen-bond donors (Lipinski definition) is 2. The van der Waals surface area contributed by atoms with Crippen LogP contribution in [-0.4, -0.2) is 47.8 Å². The number of halogens is 1. The summed E-state index contributed by atoms with van der Waals surface area (Å²) in [4.78, 5) is 26.9. The van der Waals surface area contributed by atoms with Crippen molar-refractivity contribution in [2.75, 3.05) is 25.0 Å². The van der Waals surface area contributed by atoms with E-state index in [1.165, 1.54) is 11.1 Å². The van der Waals surface area contributed by atoms with E-state index in [4.69, 9.17) is 21.1 Å². The molecule has 262 valence electrons. The lowest BCUT2D eigenvalue weighted by Crippen LogP contribution is -2.54. The van der Waals surface area contributed by atoms with Gasteiger partial charge in [-0.2, -0.15) is 0 Å². The van der Waals surface area contributed by atoms with Gasteiger partial charge in [0.05, 0.1) is 17.2 Å². The summed E-state index contributed by atoms with van der Waals surface area (Å²) in [6, 6.07) is 22.3. The summed E-state index contributed by atoms with van der Waals surface area (Å²) in [6.45, 7) is 17.8. The first kappa shape index (κ1) is 36.5. The molecule has 0 radical (unpaired) electrons. The molecule has 2 amide bonds. The fourth-order valence-corrected chi connectivity index (χ4v) is 7.57. The number of hydrogen-bond acceptors (Lipinski definition) is 4. The molecule has 1 spiro atoms. The van der Waals surface area contributed by atoms with Crippen molar-refractivity contribution in [1.82, 2.24) is 4.90 Å². The van der Waals surface area contributed by atoms with Crippen LogP contribution in [0.1, 0.15) is 95.1 Å². The number of likely N-dealkylation sites (tertiary alicyclic amines) is 1. The van der Waals surface area contributed by atoms with Gasteiger partial charge in [-0.05, 0) is 84.9 Å². The SMILES string of the molecule is C=C(C)[C@@H]1CC2(CCN(C(=O)Nc3ccc(C(C)C)cc3)CC2)[C@@H](Cc2ccccc2)O[C@H]1c1cc(C(C)(C)C)cc(Cl)c1OCC(=O)O. The molecule has 49 heavy (non-hydrogen) atoms. The van der Waals surface area contributed by atoms with Crippen LogP contribution in [0, 0.1) is 11.3 Å². The number of aliphatic carboxylic acids is 1. The van der Waals surface area contributed by atoms with Crippen LogP contribution in [0.2, 0.25) is 5.02 Å². The monoisotopic (exact) mass is 686 g/mol. The Kier molecular flexibility index (Phi) is 11.1. The van der Waals surface area contributed by atoms with Crippen LogP contribution in [0.3, 0.4) is 0 Å². The number of carbonyl (C=O) groups is 2. The Labute approximate surface area is 296 Å². The van der Waals surface area contributed by atoms with Gasteiger partial charge in [0, 0.05) is 35.7 Å². The van der Waals surface area contributed by atoms with Crippen LogP contribution >= 0.6 is 11.6 Å². The molecule has 0 unspecified atom stereocenters. The Balaban J connectivity index is 1.46. The van der Waals surface area contributed by atoms with Crippen molar-refractivity contribution in [3.05, 3.63) is 106 Å². The van der Waals surface area contributed by atoms with Crippen molar-refractivity contribution >= 4 is 29.3 Å². The molecule has 2 aliphatic heterocycles. The lowest BCUT2D eigenvalue weighted by molar-refractivity contribution is -0.167. The minimum atomic E-state index is -1.08. The largest absolute Gasteiger partial charge is 0.480 e.